The van der Waals surface area contributed by atoms with Crippen molar-refractivity contribution in [3.05, 3.63) is 60.1 Å². The summed E-state index contributed by atoms with van der Waals surface area (Å²) >= 11 is 0. The van der Waals surface area contributed by atoms with Gasteiger partial charge in [-0.2, -0.15) is 5.10 Å². The molecular weight excluding hydrogens is 305 g/mol. The van der Waals surface area contributed by atoms with Gasteiger partial charge in [-0.05, 0) is 42.8 Å². The van der Waals surface area contributed by atoms with Crippen LogP contribution in [0.25, 0.3) is 28.2 Å². The molecule has 0 saturated carbocycles. The van der Waals surface area contributed by atoms with E-state index in [1.54, 1.807) is 4.52 Å². The van der Waals surface area contributed by atoms with Gasteiger partial charge in [-0.25, -0.2) is 18.9 Å². The maximum Gasteiger partial charge on any atom is 0.155 e. The number of pyridine rings is 1. The van der Waals surface area contributed by atoms with E-state index in [1.165, 1.54) is 18.5 Å². The number of hydrogen-bond acceptors (Lipinski definition) is 3. The molecule has 1 aromatic carbocycles. The highest BCUT2D eigenvalue weighted by molar-refractivity contribution is 5.79. The van der Waals surface area contributed by atoms with Crippen LogP contribution in [0, 0.1) is 12.7 Å². The molecule has 0 radical (unpaired) electrons. The summed E-state index contributed by atoms with van der Waals surface area (Å²) in [4.78, 5) is 12.2. The Bertz CT molecular complexity index is 1010. The quantitative estimate of drug-likeness (QED) is 0.624. The second-order valence-electron chi connectivity index (χ2n) is 5.76. The number of nitrogens with one attached hydrogen (secondary N) is 1. The van der Waals surface area contributed by atoms with Crippen LogP contribution < -0.4 is 0 Å². The fourth-order valence-corrected chi connectivity index (χ4v) is 2.85. The largest absolute Gasteiger partial charge is 0.341 e. The summed E-state index contributed by atoms with van der Waals surface area (Å²) in [5, 5.41) is 4.17. The standard InChI is InChI=1S/C18H16FN5/c1-3-15-22-17(12-4-5-16-20-10-21-24(16)9-12)18(23-15)13-6-11(2)7-14(19)8-13/h4-10H,3H2,1-2H3,(H,22,23). The van der Waals surface area contributed by atoms with Gasteiger partial charge >= 0.3 is 0 Å². The molecule has 120 valence electrons. The van der Waals surface area contributed by atoms with E-state index in [9.17, 15) is 4.39 Å². The van der Waals surface area contributed by atoms with E-state index in [-0.39, 0.29) is 5.82 Å². The third kappa shape index (κ3) is 2.46. The van der Waals surface area contributed by atoms with Crippen molar-refractivity contribution in [1.82, 2.24) is 24.6 Å². The Balaban J connectivity index is 1.92. The van der Waals surface area contributed by atoms with E-state index in [1.807, 2.05) is 38.2 Å². The van der Waals surface area contributed by atoms with Gasteiger partial charge in [0.1, 0.15) is 18.0 Å². The van der Waals surface area contributed by atoms with Gasteiger partial charge in [-0.15, -0.1) is 0 Å². The fraction of sp³-hybridized carbons (Fsp3) is 0.167. The van der Waals surface area contributed by atoms with E-state index in [0.717, 1.165) is 46.0 Å². The lowest BCUT2D eigenvalue weighted by Crippen LogP contribution is -1.91. The van der Waals surface area contributed by atoms with Crippen LogP contribution in [0.1, 0.15) is 18.3 Å². The van der Waals surface area contributed by atoms with Gasteiger partial charge in [-0.3, -0.25) is 0 Å². The normalized spacial score (nSPS) is 11.3. The molecule has 5 nitrogen and oxygen atoms in total. The van der Waals surface area contributed by atoms with Crippen molar-refractivity contribution in [3.8, 4) is 22.5 Å². The molecular formula is C18H16FN5. The number of aromatic amines is 1. The summed E-state index contributed by atoms with van der Waals surface area (Å²) in [5.74, 6) is 0.601. The lowest BCUT2D eigenvalue weighted by atomic mass is 10.0. The molecule has 0 atom stereocenters. The molecule has 0 aliphatic carbocycles. The first-order valence-electron chi connectivity index (χ1n) is 7.80. The summed E-state index contributed by atoms with van der Waals surface area (Å²) in [7, 11) is 0. The number of fused-ring (bicyclic) bond motifs is 1. The summed E-state index contributed by atoms with van der Waals surface area (Å²) in [6.07, 6.45) is 4.18. The van der Waals surface area contributed by atoms with Crippen molar-refractivity contribution in [2.75, 3.05) is 0 Å². The maximum atomic E-state index is 13.8. The first-order valence-corrected chi connectivity index (χ1v) is 7.80. The van der Waals surface area contributed by atoms with Crippen molar-refractivity contribution in [2.24, 2.45) is 0 Å². The second kappa shape index (κ2) is 5.56. The maximum absolute atomic E-state index is 13.8. The summed E-state index contributed by atoms with van der Waals surface area (Å²) in [6.45, 7) is 3.91. The molecule has 6 heteroatoms. The minimum Gasteiger partial charge on any atom is -0.341 e. The highest BCUT2D eigenvalue weighted by atomic mass is 19.1. The van der Waals surface area contributed by atoms with Crippen molar-refractivity contribution in [3.63, 3.8) is 0 Å². The Morgan fingerprint density at radius 2 is 2.04 bits per heavy atom. The number of aryl methyl sites for hydroxylation is 2. The van der Waals surface area contributed by atoms with Crippen LogP contribution in [0.5, 0.6) is 0 Å². The molecule has 0 fully saturated rings. The number of H-pyrrole nitrogens is 1. The number of benzene rings is 1. The van der Waals surface area contributed by atoms with E-state index in [2.05, 4.69) is 20.1 Å². The molecule has 0 bridgehead atoms. The second-order valence-corrected chi connectivity index (χ2v) is 5.76. The molecule has 4 rings (SSSR count). The van der Waals surface area contributed by atoms with E-state index >= 15 is 0 Å². The Hall–Kier alpha value is -3.02. The number of rotatable bonds is 3. The highest BCUT2D eigenvalue weighted by Gasteiger charge is 2.15. The average Bonchev–Trinajstić information content (AvgIpc) is 3.19. The molecule has 3 heterocycles. The first-order chi connectivity index (χ1) is 11.6. The number of hydrogen-bond donors (Lipinski definition) is 1. The Morgan fingerprint density at radius 1 is 1.17 bits per heavy atom. The molecule has 0 unspecified atom stereocenters. The van der Waals surface area contributed by atoms with Gasteiger partial charge in [0.2, 0.25) is 0 Å². The fourth-order valence-electron chi connectivity index (χ4n) is 2.85. The number of nitrogens with zero attached hydrogens (tertiary/aromatic N) is 4. The van der Waals surface area contributed by atoms with Crippen LogP contribution in [0.4, 0.5) is 4.39 Å². The van der Waals surface area contributed by atoms with Crippen molar-refractivity contribution < 1.29 is 4.39 Å². The summed E-state index contributed by atoms with van der Waals surface area (Å²) < 4.78 is 15.6. The van der Waals surface area contributed by atoms with Gasteiger partial charge in [0.05, 0.1) is 11.4 Å². The van der Waals surface area contributed by atoms with Crippen molar-refractivity contribution in [1.29, 1.82) is 0 Å². The SMILES string of the molecule is CCc1nc(-c2cc(C)cc(F)c2)c(-c2ccc3ncnn3c2)[nH]1. The highest BCUT2D eigenvalue weighted by Crippen LogP contribution is 2.31. The van der Waals surface area contributed by atoms with Gasteiger partial charge < -0.3 is 4.98 Å². The molecule has 24 heavy (non-hydrogen) atoms. The van der Waals surface area contributed by atoms with Crippen LogP contribution in [-0.2, 0) is 6.42 Å². The van der Waals surface area contributed by atoms with Crippen molar-refractivity contribution in [2.45, 2.75) is 20.3 Å². The van der Waals surface area contributed by atoms with Gasteiger partial charge in [0.15, 0.2) is 5.65 Å². The molecule has 1 N–H and O–H groups in total. The molecule has 0 amide bonds. The zero-order valence-electron chi connectivity index (χ0n) is 13.4. The smallest absolute Gasteiger partial charge is 0.155 e. The van der Waals surface area contributed by atoms with Crippen LogP contribution in [0.2, 0.25) is 0 Å². The number of aromatic nitrogens is 5. The summed E-state index contributed by atoms with van der Waals surface area (Å²) in [5.41, 5.74) is 4.93. The van der Waals surface area contributed by atoms with Crippen LogP contribution >= 0.6 is 0 Å². The van der Waals surface area contributed by atoms with E-state index < -0.39 is 0 Å². The number of imidazole rings is 1. The van der Waals surface area contributed by atoms with Crippen LogP contribution in [-0.4, -0.2) is 24.6 Å². The van der Waals surface area contributed by atoms with Crippen LogP contribution in [0.15, 0.2) is 42.9 Å². The molecule has 0 aliphatic rings. The zero-order valence-corrected chi connectivity index (χ0v) is 13.4. The minimum atomic E-state index is -0.260. The minimum absolute atomic E-state index is 0.260. The van der Waals surface area contributed by atoms with Gasteiger partial charge in [0, 0.05) is 23.7 Å². The predicted molar refractivity (Wildman–Crippen MR) is 90.1 cm³/mol. The lowest BCUT2D eigenvalue weighted by Gasteiger charge is -2.05. The van der Waals surface area contributed by atoms with Gasteiger partial charge in [0.25, 0.3) is 0 Å². The van der Waals surface area contributed by atoms with Gasteiger partial charge in [-0.1, -0.05) is 6.92 Å². The number of halogens is 1. The average molecular weight is 321 g/mol. The monoisotopic (exact) mass is 321 g/mol. The van der Waals surface area contributed by atoms with E-state index in [4.69, 9.17) is 0 Å². The Kier molecular flexibility index (Phi) is 3.37. The molecule has 3 aromatic heterocycles. The van der Waals surface area contributed by atoms with E-state index in [0.29, 0.717) is 0 Å². The molecule has 0 aliphatic heterocycles. The molecule has 0 spiro atoms. The molecule has 0 saturated heterocycles. The lowest BCUT2D eigenvalue weighted by molar-refractivity contribution is 0.627. The Labute approximate surface area is 138 Å². The van der Waals surface area contributed by atoms with Crippen molar-refractivity contribution >= 4 is 5.65 Å². The topological polar surface area (TPSA) is 58.9 Å². The molecule has 4 aromatic rings. The zero-order chi connectivity index (χ0) is 16.7. The Morgan fingerprint density at radius 3 is 2.83 bits per heavy atom. The summed E-state index contributed by atoms with van der Waals surface area (Å²) in [6, 6.07) is 8.83. The van der Waals surface area contributed by atoms with Crippen LogP contribution in [0.3, 0.4) is 0 Å². The predicted octanol–water partition coefficient (Wildman–Crippen LogP) is 3.80. The third-order valence-corrected chi connectivity index (χ3v) is 3.97. The first kappa shape index (κ1) is 14.6. The third-order valence-electron chi connectivity index (χ3n) is 3.97.